The molecule has 168 valence electrons. The fourth-order valence-corrected chi connectivity index (χ4v) is 4.10. The quantitative estimate of drug-likeness (QED) is 0.359. The van der Waals surface area contributed by atoms with Crippen LogP contribution in [0.4, 0.5) is 5.69 Å². The first-order chi connectivity index (χ1) is 16.4. The summed E-state index contributed by atoms with van der Waals surface area (Å²) < 4.78 is 6.26. The van der Waals surface area contributed by atoms with Crippen LogP contribution in [-0.2, 0) is 0 Å². The van der Waals surface area contributed by atoms with Gasteiger partial charge in [-0.15, -0.1) is 0 Å². The molecule has 3 aromatic heterocycles. The molecule has 0 spiro atoms. The first kappa shape index (κ1) is 21.3. The molecule has 3 heterocycles. The number of carboxylic acid groups (broad SMARTS) is 1. The Kier molecular flexibility index (Phi) is 5.30. The topological polar surface area (TPSA) is 105 Å². The van der Waals surface area contributed by atoms with Crippen molar-refractivity contribution in [2.24, 2.45) is 0 Å². The Hall–Kier alpha value is -4.52. The fourth-order valence-electron chi connectivity index (χ4n) is 4.10. The highest BCUT2D eigenvalue weighted by Crippen LogP contribution is 2.31. The highest BCUT2D eigenvalue weighted by atomic mass is 16.4. The molecule has 7 heteroatoms. The number of carboxylic acids is 1. The van der Waals surface area contributed by atoms with Crippen LogP contribution >= 0.6 is 0 Å². The molecule has 0 saturated carbocycles. The van der Waals surface area contributed by atoms with Crippen molar-refractivity contribution in [1.82, 2.24) is 9.97 Å². The van der Waals surface area contributed by atoms with Crippen LogP contribution in [0.25, 0.3) is 33.3 Å². The predicted molar refractivity (Wildman–Crippen MR) is 131 cm³/mol. The standard InChI is InChI=1S/C27H21N3O4/c1-15-10-19(16(2)30-21-8-4-3-7-18(21)27(32)33)26-20(11-15)24(31)13-25(34-26)22-12-17-6-5-9-28-23(17)14-29-22/h3-14,16,30H,1-2H3,(H,32,33)/t16-/m1/s1. The molecule has 5 aromatic rings. The number of aromatic nitrogens is 2. The van der Waals surface area contributed by atoms with Gasteiger partial charge in [0, 0.05) is 28.9 Å². The Bertz CT molecular complexity index is 1620. The van der Waals surface area contributed by atoms with Crippen molar-refractivity contribution in [3.05, 3.63) is 100.0 Å². The number of nitrogens with one attached hydrogen (secondary N) is 1. The van der Waals surface area contributed by atoms with Crippen LogP contribution in [0.1, 0.15) is 34.5 Å². The van der Waals surface area contributed by atoms with Crippen LogP contribution in [0, 0.1) is 6.92 Å². The minimum atomic E-state index is -1.02. The lowest BCUT2D eigenvalue weighted by Gasteiger charge is -2.19. The number of nitrogens with zero attached hydrogens (tertiary/aromatic N) is 2. The number of para-hydroxylation sites is 1. The van der Waals surface area contributed by atoms with Gasteiger partial charge in [-0.25, -0.2) is 4.79 Å². The second-order valence-corrected chi connectivity index (χ2v) is 8.19. The lowest BCUT2D eigenvalue weighted by molar-refractivity contribution is 0.0698. The molecule has 2 aromatic carbocycles. The van der Waals surface area contributed by atoms with Crippen LogP contribution in [-0.4, -0.2) is 21.0 Å². The molecular formula is C27H21N3O4. The van der Waals surface area contributed by atoms with Crippen LogP contribution in [0.5, 0.6) is 0 Å². The van der Waals surface area contributed by atoms with E-state index in [4.69, 9.17) is 4.42 Å². The summed E-state index contributed by atoms with van der Waals surface area (Å²) in [7, 11) is 0. The molecule has 0 aliphatic rings. The Balaban J connectivity index is 1.64. The average molecular weight is 451 g/mol. The van der Waals surface area contributed by atoms with Gasteiger partial charge in [-0.1, -0.05) is 24.3 Å². The van der Waals surface area contributed by atoms with E-state index in [-0.39, 0.29) is 17.0 Å². The van der Waals surface area contributed by atoms with Gasteiger partial charge in [-0.05, 0) is 49.7 Å². The summed E-state index contributed by atoms with van der Waals surface area (Å²) in [5.74, 6) is -0.665. The minimum absolute atomic E-state index is 0.169. The molecule has 0 amide bonds. The van der Waals surface area contributed by atoms with Gasteiger partial charge < -0.3 is 14.8 Å². The maximum absolute atomic E-state index is 13.1. The van der Waals surface area contributed by atoms with Gasteiger partial charge in [0.1, 0.15) is 11.3 Å². The molecule has 5 rings (SSSR count). The Morgan fingerprint density at radius 3 is 2.71 bits per heavy atom. The number of anilines is 1. The molecule has 2 N–H and O–H groups in total. The number of benzene rings is 2. The SMILES string of the molecule is Cc1cc([C@@H](C)Nc2ccccc2C(=O)O)c2oc(-c3cc4cccnc4cn3)cc(=O)c2c1. The summed E-state index contributed by atoms with van der Waals surface area (Å²) >= 11 is 0. The number of aryl methyl sites for hydroxylation is 1. The van der Waals surface area contributed by atoms with Gasteiger partial charge in [0.15, 0.2) is 11.2 Å². The Morgan fingerprint density at radius 2 is 1.88 bits per heavy atom. The van der Waals surface area contributed by atoms with E-state index in [1.807, 2.05) is 38.1 Å². The third kappa shape index (κ3) is 3.88. The molecule has 34 heavy (non-hydrogen) atoms. The second kappa shape index (κ2) is 8.44. The highest BCUT2D eigenvalue weighted by Gasteiger charge is 2.18. The van der Waals surface area contributed by atoms with Gasteiger partial charge in [0.2, 0.25) is 0 Å². The van der Waals surface area contributed by atoms with Gasteiger partial charge in [0.25, 0.3) is 0 Å². The number of hydrogen-bond donors (Lipinski definition) is 2. The summed E-state index contributed by atoms with van der Waals surface area (Å²) in [6, 6.07) is 17.2. The molecule has 0 aliphatic carbocycles. The van der Waals surface area contributed by atoms with E-state index < -0.39 is 5.97 Å². The normalized spacial score (nSPS) is 12.1. The molecular weight excluding hydrogens is 430 g/mol. The molecule has 0 bridgehead atoms. The van der Waals surface area contributed by atoms with Crippen LogP contribution < -0.4 is 10.7 Å². The van der Waals surface area contributed by atoms with Crippen LogP contribution in [0.3, 0.4) is 0 Å². The number of hydrogen-bond acceptors (Lipinski definition) is 6. The zero-order chi connectivity index (χ0) is 23.8. The summed E-state index contributed by atoms with van der Waals surface area (Å²) in [4.78, 5) is 33.4. The minimum Gasteiger partial charge on any atom is -0.478 e. The average Bonchev–Trinajstić information content (AvgIpc) is 2.83. The lowest BCUT2D eigenvalue weighted by atomic mass is 10.0. The van der Waals surface area contributed by atoms with E-state index in [1.165, 1.54) is 6.07 Å². The number of carbonyl (C=O) groups is 1. The first-order valence-corrected chi connectivity index (χ1v) is 10.8. The van der Waals surface area contributed by atoms with Gasteiger partial charge in [-0.2, -0.15) is 0 Å². The second-order valence-electron chi connectivity index (χ2n) is 8.19. The van der Waals surface area contributed by atoms with Crippen molar-refractivity contribution in [3.8, 4) is 11.5 Å². The zero-order valence-corrected chi connectivity index (χ0v) is 18.6. The summed E-state index contributed by atoms with van der Waals surface area (Å²) in [5.41, 5.74) is 3.85. The first-order valence-electron chi connectivity index (χ1n) is 10.8. The Morgan fingerprint density at radius 1 is 1.06 bits per heavy atom. The summed E-state index contributed by atoms with van der Waals surface area (Å²) in [6.45, 7) is 3.81. The summed E-state index contributed by atoms with van der Waals surface area (Å²) in [5, 5.41) is 14.1. The largest absolute Gasteiger partial charge is 0.478 e. The van der Waals surface area contributed by atoms with E-state index in [0.717, 1.165) is 22.0 Å². The van der Waals surface area contributed by atoms with Crippen LogP contribution in [0.15, 0.2) is 82.3 Å². The number of pyridine rings is 2. The maximum atomic E-state index is 13.1. The van der Waals surface area contributed by atoms with E-state index in [9.17, 15) is 14.7 Å². The number of aromatic carboxylic acids is 1. The van der Waals surface area contributed by atoms with E-state index in [1.54, 1.807) is 42.7 Å². The molecule has 0 fully saturated rings. The Labute approximate surface area is 194 Å². The van der Waals surface area contributed by atoms with Crippen molar-refractivity contribution in [3.63, 3.8) is 0 Å². The summed E-state index contributed by atoms with van der Waals surface area (Å²) in [6.07, 6.45) is 3.35. The molecule has 0 radical (unpaired) electrons. The van der Waals surface area contributed by atoms with Crippen molar-refractivity contribution in [2.45, 2.75) is 19.9 Å². The maximum Gasteiger partial charge on any atom is 0.337 e. The highest BCUT2D eigenvalue weighted by molar-refractivity contribution is 5.94. The fraction of sp³-hybridized carbons (Fsp3) is 0.111. The van der Waals surface area contributed by atoms with E-state index >= 15 is 0 Å². The van der Waals surface area contributed by atoms with Crippen LogP contribution in [0.2, 0.25) is 0 Å². The van der Waals surface area contributed by atoms with Crippen molar-refractivity contribution < 1.29 is 14.3 Å². The van der Waals surface area contributed by atoms with Gasteiger partial charge in [-0.3, -0.25) is 14.8 Å². The van der Waals surface area contributed by atoms with Crippen molar-refractivity contribution in [1.29, 1.82) is 0 Å². The smallest absolute Gasteiger partial charge is 0.337 e. The van der Waals surface area contributed by atoms with Crippen molar-refractivity contribution in [2.75, 3.05) is 5.32 Å². The van der Waals surface area contributed by atoms with Gasteiger partial charge in [0.05, 0.1) is 28.7 Å². The molecule has 0 aliphatic heterocycles. The molecule has 0 saturated heterocycles. The van der Waals surface area contributed by atoms with Crippen molar-refractivity contribution >= 4 is 33.5 Å². The molecule has 0 unspecified atom stereocenters. The number of rotatable bonds is 5. The number of fused-ring (bicyclic) bond motifs is 2. The van der Waals surface area contributed by atoms with E-state index in [0.29, 0.717) is 28.1 Å². The molecule has 7 nitrogen and oxygen atoms in total. The predicted octanol–water partition coefficient (Wildman–Crippen LogP) is 5.58. The third-order valence-electron chi connectivity index (χ3n) is 5.74. The van der Waals surface area contributed by atoms with E-state index in [2.05, 4.69) is 15.3 Å². The third-order valence-corrected chi connectivity index (χ3v) is 5.74. The zero-order valence-electron chi connectivity index (χ0n) is 18.6. The monoisotopic (exact) mass is 451 g/mol. The lowest BCUT2D eigenvalue weighted by Crippen LogP contribution is -2.12. The van der Waals surface area contributed by atoms with Gasteiger partial charge >= 0.3 is 5.97 Å². The molecule has 1 atom stereocenters.